The van der Waals surface area contributed by atoms with Crippen LogP contribution in [0.25, 0.3) is 6.08 Å². The Morgan fingerprint density at radius 3 is 2.68 bits per heavy atom. The minimum absolute atomic E-state index is 0.0862. The quantitative estimate of drug-likeness (QED) is 0.511. The van der Waals surface area contributed by atoms with Crippen LogP contribution in [0.15, 0.2) is 11.6 Å². The number of likely N-dealkylation sites (N-methyl/N-ethyl adjacent to an activating group) is 1. The number of hydrogen-bond acceptors (Lipinski definition) is 4. The lowest BCUT2D eigenvalue weighted by Crippen LogP contribution is -2.52. The lowest BCUT2D eigenvalue weighted by molar-refractivity contribution is -0.128. The number of hydrogen-bond donors (Lipinski definition) is 1. The average molecular weight is 321 g/mol. The zero-order valence-corrected chi connectivity index (χ0v) is 13.9. The van der Waals surface area contributed by atoms with Crippen LogP contribution in [0.1, 0.15) is 17.0 Å². The molecule has 118 valence electrons. The highest BCUT2D eigenvalue weighted by molar-refractivity contribution is 7.80. The van der Waals surface area contributed by atoms with E-state index in [-0.39, 0.29) is 10.7 Å². The minimum atomic E-state index is -0.463. The molecule has 22 heavy (non-hydrogen) atoms. The van der Waals surface area contributed by atoms with Gasteiger partial charge in [0.05, 0.1) is 6.61 Å². The second kappa shape index (κ2) is 6.41. The molecule has 0 aliphatic carbocycles. The third-order valence-corrected chi connectivity index (χ3v) is 4.11. The molecule has 6 nitrogen and oxygen atoms in total. The fraction of sp³-hybridized carbons (Fsp3) is 0.400. The molecule has 0 atom stereocenters. The van der Waals surface area contributed by atoms with Crippen molar-refractivity contribution in [1.29, 1.82) is 0 Å². The number of thiocarbonyl (C=S) groups is 1. The fourth-order valence-corrected chi connectivity index (χ4v) is 2.58. The highest BCUT2D eigenvalue weighted by atomic mass is 32.1. The smallest absolute Gasteiger partial charge is 0.265 e. The lowest BCUT2D eigenvalue weighted by atomic mass is 10.1. The summed E-state index contributed by atoms with van der Waals surface area (Å²) in [7, 11) is 3.20. The Labute approximate surface area is 134 Å². The van der Waals surface area contributed by atoms with E-state index >= 15 is 0 Å². The van der Waals surface area contributed by atoms with Gasteiger partial charge in [0.2, 0.25) is 0 Å². The Morgan fingerprint density at radius 1 is 1.36 bits per heavy atom. The van der Waals surface area contributed by atoms with Gasteiger partial charge in [0.25, 0.3) is 11.8 Å². The summed E-state index contributed by atoms with van der Waals surface area (Å²) in [5, 5.41) is 2.63. The van der Waals surface area contributed by atoms with Gasteiger partial charge in [-0.25, -0.2) is 0 Å². The van der Waals surface area contributed by atoms with Crippen LogP contribution >= 0.6 is 12.2 Å². The SMILES string of the molecule is COCCn1c(C)cc(/C=C2/C(=O)NC(=S)N(C)C2=O)c1C. The molecule has 1 aromatic heterocycles. The third-order valence-electron chi connectivity index (χ3n) is 3.74. The largest absolute Gasteiger partial charge is 0.383 e. The van der Waals surface area contributed by atoms with Crippen LogP contribution in [0, 0.1) is 13.8 Å². The van der Waals surface area contributed by atoms with Gasteiger partial charge in [-0.2, -0.15) is 0 Å². The van der Waals surface area contributed by atoms with Crippen LogP contribution in [0.4, 0.5) is 0 Å². The third kappa shape index (κ3) is 2.95. The molecule has 2 heterocycles. The second-order valence-electron chi connectivity index (χ2n) is 5.15. The van der Waals surface area contributed by atoms with E-state index < -0.39 is 11.8 Å². The zero-order valence-electron chi connectivity index (χ0n) is 13.1. The van der Waals surface area contributed by atoms with Crippen LogP contribution in [0.3, 0.4) is 0 Å². The maximum atomic E-state index is 12.2. The van der Waals surface area contributed by atoms with Gasteiger partial charge in [0, 0.05) is 32.1 Å². The van der Waals surface area contributed by atoms with Gasteiger partial charge < -0.3 is 9.30 Å². The number of nitrogens with one attached hydrogen (secondary N) is 1. The van der Waals surface area contributed by atoms with Crippen molar-refractivity contribution in [2.45, 2.75) is 20.4 Å². The van der Waals surface area contributed by atoms with Crippen molar-refractivity contribution in [3.8, 4) is 0 Å². The van der Waals surface area contributed by atoms with Gasteiger partial charge in [-0.1, -0.05) is 0 Å². The Kier molecular flexibility index (Phi) is 4.77. The molecule has 0 radical (unpaired) electrons. The molecular formula is C15H19N3O3S. The number of carbonyl (C=O) groups excluding carboxylic acids is 2. The van der Waals surface area contributed by atoms with Gasteiger partial charge in [0.1, 0.15) is 5.57 Å². The summed E-state index contributed by atoms with van der Waals surface area (Å²) in [6, 6.07) is 1.95. The summed E-state index contributed by atoms with van der Waals surface area (Å²) >= 11 is 4.93. The van der Waals surface area contributed by atoms with Crippen molar-refractivity contribution < 1.29 is 14.3 Å². The number of aromatic nitrogens is 1. The van der Waals surface area contributed by atoms with Crippen LogP contribution in [0.5, 0.6) is 0 Å². The summed E-state index contributed by atoms with van der Waals surface area (Å²) in [5.41, 5.74) is 2.96. The topological polar surface area (TPSA) is 63.6 Å². The summed E-state index contributed by atoms with van der Waals surface area (Å²) in [6.45, 7) is 5.26. The van der Waals surface area contributed by atoms with Crippen molar-refractivity contribution in [3.05, 3.63) is 28.6 Å². The van der Waals surface area contributed by atoms with E-state index in [0.29, 0.717) is 6.61 Å². The van der Waals surface area contributed by atoms with Crippen LogP contribution in [-0.4, -0.2) is 47.2 Å². The first kappa shape index (κ1) is 16.4. The second-order valence-corrected chi connectivity index (χ2v) is 5.54. The van der Waals surface area contributed by atoms with Crippen molar-refractivity contribution in [2.24, 2.45) is 0 Å². The Bertz CT molecular complexity index is 676. The van der Waals surface area contributed by atoms with Gasteiger partial charge in [-0.15, -0.1) is 0 Å². The predicted molar refractivity (Wildman–Crippen MR) is 87.3 cm³/mol. The molecule has 2 rings (SSSR count). The lowest BCUT2D eigenvalue weighted by Gasteiger charge is -2.25. The molecule has 0 unspecified atom stereocenters. The predicted octanol–water partition coefficient (Wildman–Crippen LogP) is 1.01. The van der Waals surface area contributed by atoms with Gasteiger partial charge in [0.15, 0.2) is 5.11 Å². The number of amides is 2. The Balaban J connectivity index is 2.38. The Morgan fingerprint density at radius 2 is 2.05 bits per heavy atom. The zero-order chi connectivity index (χ0) is 16.4. The van der Waals surface area contributed by atoms with E-state index in [1.54, 1.807) is 20.2 Å². The monoisotopic (exact) mass is 321 g/mol. The molecule has 1 aliphatic heterocycles. The van der Waals surface area contributed by atoms with Crippen LogP contribution < -0.4 is 5.32 Å². The first-order chi connectivity index (χ1) is 10.4. The fourth-order valence-electron chi connectivity index (χ4n) is 2.40. The van der Waals surface area contributed by atoms with E-state index in [0.717, 1.165) is 23.5 Å². The molecule has 2 amide bonds. The van der Waals surface area contributed by atoms with Gasteiger partial charge in [-0.05, 0) is 43.8 Å². The van der Waals surface area contributed by atoms with Gasteiger partial charge >= 0.3 is 0 Å². The molecule has 7 heteroatoms. The number of nitrogens with zero attached hydrogens (tertiary/aromatic N) is 2. The number of carbonyl (C=O) groups is 2. The van der Waals surface area contributed by atoms with E-state index in [9.17, 15) is 9.59 Å². The summed E-state index contributed by atoms with van der Waals surface area (Å²) in [4.78, 5) is 25.5. The molecule has 1 saturated heterocycles. The molecule has 0 aromatic carbocycles. The molecule has 1 aliphatic rings. The maximum absolute atomic E-state index is 12.2. The summed E-state index contributed by atoms with van der Waals surface area (Å²) in [5.74, 6) is -0.856. The molecule has 0 spiro atoms. The average Bonchev–Trinajstić information content (AvgIpc) is 2.73. The van der Waals surface area contributed by atoms with E-state index in [4.69, 9.17) is 17.0 Å². The molecule has 0 saturated carbocycles. The normalized spacial score (nSPS) is 17.4. The van der Waals surface area contributed by atoms with E-state index in [1.807, 2.05) is 19.9 Å². The minimum Gasteiger partial charge on any atom is -0.383 e. The maximum Gasteiger partial charge on any atom is 0.265 e. The number of ether oxygens (including phenoxy) is 1. The Hall–Kier alpha value is -1.99. The van der Waals surface area contributed by atoms with Crippen molar-refractivity contribution in [3.63, 3.8) is 0 Å². The van der Waals surface area contributed by atoms with E-state index in [2.05, 4.69) is 9.88 Å². The highest BCUT2D eigenvalue weighted by Gasteiger charge is 2.31. The molecule has 0 bridgehead atoms. The van der Waals surface area contributed by atoms with Crippen molar-refractivity contribution >= 4 is 35.2 Å². The highest BCUT2D eigenvalue weighted by Crippen LogP contribution is 2.20. The molecule has 1 aromatic rings. The summed E-state index contributed by atoms with van der Waals surface area (Å²) in [6.07, 6.45) is 1.61. The van der Waals surface area contributed by atoms with Crippen LogP contribution in [-0.2, 0) is 20.9 Å². The molecule has 1 N–H and O–H groups in total. The van der Waals surface area contributed by atoms with Crippen molar-refractivity contribution in [2.75, 3.05) is 20.8 Å². The summed E-state index contributed by atoms with van der Waals surface area (Å²) < 4.78 is 7.19. The number of rotatable bonds is 4. The molecule has 1 fully saturated rings. The first-order valence-electron chi connectivity index (χ1n) is 6.87. The number of aryl methyl sites for hydroxylation is 1. The van der Waals surface area contributed by atoms with Crippen molar-refractivity contribution in [1.82, 2.24) is 14.8 Å². The number of methoxy groups -OCH3 is 1. The van der Waals surface area contributed by atoms with E-state index in [1.165, 1.54) is 4.90 Å². The molecular weight excluding hydrogens is 302 g/mol. The van der Waals surface area contributed by atoms with Crippen LogP contribution in [0.2, 0.25) is 0 Å². The standard InChI is InChI=1S/C15H19N3O3S/c1-9-7-11(10(2)18(9)5-6-21-4)8-12-13(19)16-15(22)17(3)14(12)20/h7-8H,5-6H2,1-4H3,(H,16,19,22)/b12-8-. The first-order valence-corrected chi connectivity index (χ1v) is 7.28. The van der Waals surface area contributed by atoms with Gasteiger partial charge in [-0.3, -0.25) is 19.8 Å².